The molecule has 2 amide bonds. The van der Waals surface area contributed by atoms with Crippen molar-refractivity contribution in [3.63, 3.8) is 0 Å². The number of fused-ring (bicyclic) bond motifs is 2. The number of nitrogens with zero attached hydrogens (tertiary/aromatic N) is 6. The zero-order chi connectivity index (χ0) is 24.7. The Morgan fingerprint density at radius 3 is 2.69 bits per heavy atom. The molecule has 0 unspecified atom stereocenters. The quantitative estimate of drug-likeness (QED) is 0.578. The van der Waals surface area contributed by atoms with Crippen LogP contribution in [0, 0.1) is 0 Å². The van der Waals surface area contributed by atoms with E-state index in [0.717, 1.165) is 22.0 Å². The molecule has 182 valence electrons. The number of amides is 2. The first-order chi connectivity index (χ1) is 16.8. The molecule has 1 saturated heterocycles. The van der Waals surface area contributed by atoms with Crippen molar-refractivity contribution in [2.24, 2.45) is 0 Å². The molecule has 10 heteroatoms. The number of nitrogens with one attached hydrogen (secondary N) is 1. The number of anilines is 2. The van der Waals surface area contributed by atoms with Crippen molar-refractivity contribution in [3.8, 4) is 0 Å². The monoisotopic (exact) mass is 475 g/mol. The van der Waals surface area contributed by atoms with Gasteiger partial charge in [0.2, 0.25) is 5.95 Å². The van der Waals surface area contributed by atoms with E-state index in [1.54, 1.807) is 4.90 Å². The van der Waals surface area contributed by atoms with Crippen LogP contribution in [-0.2, 0) is 13.1 Å². The third kappa shape index (κ3) is 4.31. The minimum Gasteiger partial charge on any atom is -0.465 e. The molecule has 10 nitrogen and oxygen atoms in total. The van der Waals surface area contributed by atoms with Crippen LogP contribution < -0.4 is 10.2 Å². The van der Waals surface area contributed by atoms with Gasteiger partial charge in [0.1, 0.15) is 11.5 Å². The lowest BCUT2D eigenvalue weighted by Crippen LogP contribution is -2.54. The zero-order valence-electron chi connectivity index (χ0n) is 20.1. The SMILES string of the molecule is CC(C)N1Cc2c(NCc3cc4ccccc4cn3)nc(N3CCN(C(=O)O)[C@@H](C)C3)nc2C1=O. The molecule has 1 atom stereocenters. The van der Waals surface area contributed by atoms with Crippen molar-refractivity contribution in [2.75, 3.05) is 29.9 Å². The van der Waals surface area contributed by atoms with Crippen LogP contribution >= 0.6 is 0 Å². The number of carbonyl (C=O) groups is 2. The van der Waals surface area contributed by atoms with Crippen molar-refractivity contribution < 1.29 is 14.7 Å². The number of rotatable bonds is 5. The molecular weight excluding hydrogens is 446 g/mol. The molecule has 0 aliphatic carbocycles. The lowest BCUT2D eigenvalue weighted by molar-refractivity contribution is 0.0726. The second-order valence-electron chi connectivity index (χ2n) is 9.37. The molecule has 2 aliphatic heterocycles. The Bertz CT molecular complexity index is 1300. The van der Waals surface area contributed by atoms with Crippen molar-refractivity contribution in [1.29, 1.82) is 0 Å². The van der Waals surface area contributed by atoms with Gasteiger partial charge < -0.3 is 25.1 Å². The van der Waals surface area contributed by atoms with E-state index < -0.39 is 6.09 Å². The van der Waals surface area contributed by atoms with E-state index in [0.29, 0.717) is 50.2 Å². The Hall–Kier alpha value is -3.95. The van der Waals surface area contributed by atoms with E-state index >= 15 is 0 Å². The fourth-order valence-corrected chi connectivity index (χ4v) is 4.71. The highest BCUT2D eigenvalue weighted by Crippen LogP contribution is 2.31. The van der Waals surface area contributed by atoms with Crippen LogP contribution in [0.3, 0.4) is 0 Å². The first-order valence-corrected chi connectivity index (χ1v) is 11.9. The Labute approximate surface area is 203 Å². The number of hydrogen-bond acceptors (Lipinski definition) is 7. The average molecular weight is 476 g/mol. The van der Waals surface area contributed by atoms with E-state index in [1.165, 1.54) is 4.90 Å². The standard InChI is InChI=1S/C25H29N7O3/c1-15(2)32-14-20-21(23(32)33)28-24(30-8-9-31(25(34)35)16(3)13-30)29-22(20)27-12-19-10-17-6-4-5-7-18(17)11-26-19/h4-7,10-11,15-16H,8-9,12-14H2,1-3H3,(H,34,35)(H,27,28,29)/t16-/m0/s1. The van der Waals surface area contributed by atoms with Gasteiger partial charge in [0.15, 0.2) is 0 Å². The highest BCUT2D eigenvalue weighted by molar-refractivity contribution is 5.98. The molecule has 0 bridgehead atoms. The van der Waals surface area contributed by atoms with Gasteiger partial charge in [0, 0.05) is 48.9 Å². The molecule has 35 heavy (non-hydrogen) atoms. The number of carboxylic acid groups (broad SMARTS) is 1. The number of piperazine rings is 1. The normalized spacial score (nSPS) is 17.9. The molecular formula is C25H29N7O3. The zero-order valence-corrected chi connectivity index (χ0v) is 20.1. The van der Waals surface area contributed by atoms with Crippen LogP contribution in [0.25, 0.3) is 10.8 Å². The Balaban J connectivity index is 1.45. The van der Waals surface area contributed by atoms with E-state index in [1.807, 2.05) is 56.1 Å². The van der Waals surface area contributed by atoms with Gasteiger partial charge in [-0.25, -0.2) is 9.78 Å². The smallest absolute Gasteiger partial charge is 0.407 e. The lowest BCUT2D eigenvalue weighted by Gasteiger charge is -2.38. The van der Waals surface area contributed by atoms with Crippen LogP contribution in [0.4, 0.5) is 16.6 Å². The van der Waals surface area contributed by atoms with Crippen molar-refractivity contribution in [3.05, 3.63) is 53.5 Å². The maximum atomic E-state index is 13.1. The fraction of sp³-hybridized carbons (Fsp3) is 0.400. The summed E-state index contributed by atoms with van der Waals surface area (Å²) in [5.41, 5.74) is 2.06. The van der Waals surface area contributed by atoms with Crippen LogP contribution in [0.2, 0.25) is 0 Å². The first-order valence-electron chi connectivity index (χ1n) is 11.9. The number of hydrogen-bond donors (Lipinski definition) is 2. The summed E-state index contributed by atoms with van der Waals surface area (Å²) in [5, 5.41) is 15.0. The predicted molar refractivity (Wildman–Crippen MR) is 133 cm³/mol. The third-order valence-corrected chi connectivity index (χ3v) is 6.69. The minimum atomic E-state index is -0.931. The average Bonchev–Trinajstić information content (AvgIpc) is 3.19. The maximum Gasteiger partial charge on any atom is 0.407 e. The summed E-state index contributed by atoms with van der Waals surface area (Å²) in [6, 6.07) is 9.94. The molecule has 2 N–H and O–H groups in total. The van der Waals surface area contributed by atoms with Crippen molar-refractivity contribution >= 4 is 34.5 Å². The molecule has 5 rings (SSSR count). The van der Waals surface area contributed by atoms with Crippen LogP contribution in [0.5, 0.6) is 0 Å². The van der Waals surface area contributed by atoms with Crippen LogP contribution in [0.1, 0.15) is 42.5 Å². The largest absolute Gasteiger partial charge is 0.465 e. The Morgan fingerprint density at radius 2 is 1.97 bits per heavy atom. The molecule has 1 aromatic carbocycles. The van der Waals surface area contributed by atoms with E-state index in [-0.39, 0.29) is 18.0 Å². The van der Waals surface area contributed by atoms with E-state index in [2.05, 4.69) is 21.4 Å². The van der Waals surface area contributed by atoms with Gasteiger partial charge in [-0.2, -0.15) is 4.98 Å². The van der Waals surface area contributed by atoms with Crippen molar-refractivity contribution in [2.45, 2.75) is 45.9 Å². The summed E-state index contributed by atoms with van der Waals surface area (Å²) in [7, 11) is 0. The molecule has 0 radical (unpaired) electrons. The van der Waals surface area contributed by atoms with Gasteiger partial charge in [0.05, 0.1) is 18.8 Å². The summed E-state index contributed by atoms with van der Waals surface area (Å²) in [6.45, 7) is 8.00. The second kappa shape index (κ2) is 9.01. The molecule has 1 fully saturated rings. The summed E-state index contributed by atoms with van der Waals surface area (Å²) < 4.78 is 0. The third-order valence-electron chi connectivity index (χ3n) is 6.69. The second-order valence-corrected chi connectivity index (χ2v) is 9.37. The van der Waals surface area contributed by atoms with E-state index in [4.69, 9.17) is 4.98 Å². The Morgan fingerprint density at radius 1 is 1.20 bits per heavy atom. The van der Waals surface area contributed by atoms with Gasteiger partial charge in [0.25, 0.3) is 5.91 Å². The lowest BCUT2D eigenvalue weighted by atomic mass is 10.1. The van der Waals surface area contributed by atoms with Gasteiger partial charge in [-0.15, -0.1) is 0 Å². The highest BCUT2D eigenvalue weighted by atomic mass is 16.4. The maximum absolute atomic E-state index is 13.1. The number of carbonyl (C=O) groups excluding carboxylic acids is 1. The van der Waals surface area contributed by atoms with Crippen molar-refractivity contribution in [1.82, 2.24) is 24.8 Å². The molecule has 2 aromatic heterocycles. The van der Waals surface area contributed by atoms with Crippen LogP contribution in [0.15, 0.2) is 36.5 Å². The molecule has 3 aromatic rings. The number of aromatic nitrogens is 3. The summed E-state index contributed by atoms with van der Waals surface area (Å²) in [6.07, 6.45) is 0.926. The summed E-state index contributed by atoms with van der Waals surface area (Å²) in [4.78, 5) is 43.8. The first kappa shape index (κ1) is 22.8. The topological polar surface area (TPSA) is 115 Å². The van der Waals surface area contributed by atoms with Gasteiger partial charge in [-0.05, 0) is 32.2 Å². The van der Waals surface area contributed by atoms with Gasteiger partial charge >= 0.3 is 6.09 Å². The Kier molecular flexibility index (Phi) is 5.88. The number of benzene rings is 1. The fourth-order valence-electron chi connectivity index (χ4n) is 4.71. The van der Waals surface area contributed by atoms with Crippen LogP contribution in [-0.4, -0.2) is 73.6 Å². The predicted octanol–water partition coefficient (Wildman–Crippen LogP) is 3.19. The molecule has 0 saturated carbocycles. The molecule has 4 heterocycles. The van der Waals surface area contributed by atoms with Gasteiger partial charge in [-0.3, -0.25) is 9.78 Å². The molecule has 0 spiro atoms. The van der Waals surface area contributed by atoms with Gasteiger partial charge in [-0.1, -0.05) is 24.3 Å². The summed E-state index contributed by atoms with van der Waals surface area (Å²) >= 11 is 0. The van der Waals surface area contributed by atoms with E-state index in [9.17, 15) is 14.7 Å². The molecule has 2 aliphatic rings. The summed E-state index contributed by atoms with van der Waals surface area (Å²) in [5.74, 6) is 0.945. The highest BCUT2D eigenvalue weighted by Gasteiger charge is 2.36. The number of pyridine rings is 1. The minimum absolute atomic E-state index is 0.0364.